The van der Waals surface area contributed by atoms with Crippen LogP contribution in [0.25, 0.3) is 0 Å². The van der Waals surface area contributed by atoms with E-state index in [-0.39, 0.29) is 18.1 Å². The van der Waals surface area contributed by atoms with E-state index >= 15 is 0 Å². The molecule has 23 heavy (non-hydrogen) atoms. The number of hydrogen-bond acceptors (Lipinski definition) is 4. The highest BCUT2D eigenvalue weighted by atomic mass is 16.5. The lowest BCUT2D eigenvalue weighted by atomic mass is 9.98. The Bertz CT molecular complexity index is 723. The van der Waals surface area contributed by atoms with Crippen LogP contribution in [0.3, 0.4) is 0 Å². The minimum absolute atomic E-state index is 0.0147. The first-order valence-electron chi connectivity index (χ1n) is 7.88. The average Bonchev–Trinajstić information content (AvgIpc) is 2.96. The number of hydrogen-bond donors (Lipinski definition) is 0. The minimum atomic E-state index is -0.108. The fourth-order valence-electron chi connectivity index (χ4n) is 2.95. The first-order chi connectivity index (χ1) is 11.0. The van der Waals surface area contributed by atoms with Crippen molar-refractivity contribution < 1.29 is 14.1 Å². The second kappa shape index (κ2) is 6.16. The van der Waals surface area contributed by atoms with Crippen molar-refractivity contribution in [1.29, 1.82) is 0 Å². The van der Waals surface area contributed by atoms with E-state index in [9.17, 15) is 4.79 Å². The summed E-state index contributed by atoms with van der Waals surface area (Å²) >= 11 is 0. The van der Waals surface area contributed by atoms with Crippen LogP contribution in [0.1, 0.15) is 46.0 Å². The summed E-state index contributed by atoms with van der Waals surface area (Å²) in [6, 6.07) is 8.02. The van der Waals surface area contributed by atoms with Gasteiger partial charge in [0.15, 0.2) is 5.69 Å². The van der Waals surface area contributed by atoms with Crippen LogP contribution in [-0.2, 0) is 4.74 Å². The molecule has 0 unspecified atom stereocenters. The van der Waals surface area contributed by atoms with Crippen molar-refractivity contribution in [3.63, 3.8) is 0 Å². The van der Waals surface area contributed by atoms with Gasteiger partial charge in [-0.15, -0.1) is 0 Å². The lowest BCUT2D eigenvalue weighted by Gasteiger charge is -2.38. The van der Waals surface area contributed by atoms with Crippen molar-refractivity contribution in [2.75, 3.05) is 13.2 Å². The maximum atomic E-state index is 12.7. The van der Waals surface area contributed by atoms with E-state index in [1.54, 1.807) is 13.0 Å². The van der Waals surface area contributed by atoms with Crippen LogP contribution in [0.5, 0.6) is 0 Å². The number of aromatic nitrogens is 1. The standard InChI is InChI=1S/C18H22N2O3/c1-11-5-6-12(2)15(7-11)17-9-20(13(3)10-22-17)18(21)16-8-14(4)23-19-16/h5-8,13,17H,9-10H2,1-4H3/t13-,17+/m1/s1. The number of carbonyl (C=O) groups is 1. The topological polar surface area (TPSA) is 55.6 Å². The molecule has 122 valence electrons. The maximum Gasteiger partial charge on any atom is 0.276 e. The number of nitrogens with zero attached hydrogens (tertiary/aromatic N) is 2. The summed E-state index contributed by atoms with van der Waals surface area (Å²) in [5.74, 6) is 0.535. The van der Waals surface area contributed by atoms with E-state index in [1.165, 1.54) is 11.1 Å². The third-order valence-electron chi connectivity index (χ3n) is 4.32. The highest BCUT2D eigenvalue weighted by Gasteiger charge is 2.32. The summed E-state index contributed by atoms with van der Waals surface area (Å²) < 4.78 is 11.0. The van der Waals surface area contributed by atoms with E-state index in [0.717, 1.165) is 5.56 Å². The lowest BCUT2D eigenvalue weighted by Crippen LogP contribution is -2.48. The smallest absolute Gasteiger partial charge is 0.276 e. The summed E-state index contributed by atoms with van der Waals surface area (Å²) in [5, 5.41) is 3.85. The second-order valence-corrected chi connectivity index (χ2v) is 6.31. The summed E-state index contributed by atoms with van der Waals surface area (Å²) in [5.41, 5.74) is 3.87. The van der Waals surface area contributed by atoms with Gasteiger partial charge < -0.3 is 14.2 Å². The Kier molecular flexibility index (Phi) is 4.22. The highest BCUT2D eigenvalue weighted by Crippen LogP contribution is 2.28. The fraction of sp³-hybridized carbons (Fsp3) is 0.444. The molecule has 5 heteroatoms. The molecule has 3 rings (SSSR count). The van der Waals surface area contributed by atoms with Gasteiger partial charge in [0.25, 0.3) is 5.91 Å². The number of morpholine rings is 1. The van der Waals surface area contributed by atoms with Crippen LogP contribution < -0.4 is 0 Å². The Labute approximate surface area is 136 Å². The summed E-state index contributed by atoms with van der Waals surface area (Å²) in [7, 11) is 0. The molecule has 0 bridgehead atoms. The third-order valence-corrected chi connectivity index (χ3v) is 4.32. The number of carbonyl (C=O) groups excluding carboxylic acids is 1. The monoisotopic (exact) mass is 314 g/mol. The Hall–Kier alpha value is -2.14. The fourth-order valence-corrected chi connectivity index (χ4v) is 2.95. The van der Waals surface area contributed by atoms with Crippen molar-refractivity contribution in [1.82, 2.24) is 10.1 Å². The lowest BCUT2D eigenvalue weighted by molar-refractivity contribution is -0.0492. The number of benzene rings is 1. The molecule has 5 nitrogen and oxygen atoms in total. The number of ether oxygens (including phenoxy) is 1. The minimum Gasteiger partial charge on any atom is -0.370 e. The van der Waals surface area contributed by atoms with Gasteiger partial charge in [-0.25, -0.2) is 0 Å². The van der Waals surface area contributed by atoms with Gasteiger partial charge in [0, 0.05) is 6.07 Å². The van der Waals surface area contributed by atoms with Crippen molar-refractivity contribution in [3.05, 3.63) is 52.4 Å². The molecule has 2 heterocycles. The maximum absolute atomic E-state index is 12.7. The third kappa shape index (κ3) is 3.15. The molecule has 1 fully saturated rings. The molecule has 2 atom stereocenters. The summed E-state index contributed by atoms with van der Waals surface area (Å²) in [6.45, 7) is 8.95. The molecule has 2 aromatic rings. The Morgan fingerprint density at radius 3 is 2.74 bits per heavy atom. The van der Waals surface area contributed by atoms with Crippen molar-refractivity contribution in [3.8, 4) is 0 Å². The molecule has 1 aliphatic heterocycles. The van der Waals surface area contributed by atoms with Gasteiger partial charge in [-0.2, -0.15) is 0 Å². The van der Waals surface area contributed by atoms with Gasteiger partial charge in [0.05, 0.1) is 19.2 Å². The van der Waals surface area contributed by atoms with Crippen molar-refractivity contribution in [2.24, 2.45) is 0 Å². The number of aryl methyl sites for hydroxylation is 3. The number of amides is 1. The summed E-state index contributed by atoms with van der Waals surface area (Å²) in [6.07, 6.45) is -0.108. The summed E-state index contributed by atoms with van der Waals surface area (Å²) in [4.78, 5) is 14.5. The number of rotatable bonds is 2. The molecule has 0 saturated carbocycles. The molecular formula is C18H22N2O3. The predicted molar refractivity (Wildman–Crippen MR) is 86.3 cm³/mol. The van der Waals surface area contributed by atoms with Gasteiger partial charge in [-0.05, 0) is 38.8 Å². The molecular weight excluding hydrogens is 292 g/mol. The van der Waals surface area contributed by atoms with Gasteiger partial charge in [-0.1, -0.05) is 28.9 Å². The van der Waals surface area contributed by atoms with E-state index < -0.39 is 0 Å². The molecule has 1 saturated heterocycles. The molecule has 1 aliphatic rings. The van der Waals surface area contributed by atoms with Crippen molar-refractivity contribution >= 4 is 5.91 Å². The van der Waals surface area contributed by atoms with Crippen LogP contribution in [0.2, 0.25) is 0 Å². The van der Waals surface area contributed by atoms with Crippen LogP contribution >= 0.6 is 0 Å². The van der Waals surface area contributed by atoms with Gasteiger partial charge in [-0.3, -0.25) is 4.79 Å². The van der Waals surface area contributed by atoms with Crippen LogP contribution in [0.4, 0.5) is 0 Å². The van der Waals surface area contributed by atoms with E-state index in [4.69, 9.17) is 9.26 Å². The zero-order valence-electron chi connectivity index (χ0n) is 14.0. The van der Waals surface area contributed by atoms with Crippen molar-refractivity contribution in [2.45, 2.75) is 39.8 Å². The van der Waals surface area contributed by atoms with E-state index in [2.05, 4.69) is 37.2 Å². The van der Waals surface area contributed by atoms with Gasteiger partial charge in [0.2, 0.25) is 0 Å². The normalized spacial score (nSPS) is 21.5. The SMILES string of the molecule is Cc1ccc(C)c([C@@H]2CN(C(=O)c3cc(C)on3)[C@H](C)CO2)c1. The van der Waals surface area contributed by atoms with Crippen LogP contribution in [0.15, 0.2) is 28.8 Å². The quantitative estimate of drug-likeness (QED) is 0.854. The predicted octanol–water partition coefficient (Wildman–Crippen LogP) is 3.20. The second-order valence-electron chi connectivity index (χ2n) is 6.31. The molecule has 1 aromatic heterocycles. The Morgan fingerprint density at radius 2 is 2.04 bits per heavy atom. The van der Waals surface area contributed by atoms with Crippen LogP contribution in [0, 0.1) is 20.8 Å². The average molecular weight is 314 g/mol. The molecule has 0 spiro atoms. The molecule has 0 radical (unpaired) electrons. The molecule has 1 aromatic carbocycles. The Morgan fingerprint density at radius 1 is 1.26 bits per heavy atom. The van der Waals surface area contributed by atoms with Gasteiger partial charge in [0.1, 0.15) is 11.9 Å². The first kappa shape index (κ1) is 15.7. The largest absolute Gasteiger partial charge is 0.370 e. The highest BCUT2D eigenvalue weighted by molar-refractivity contribution is 5.92. The van der Waals surface area contributed by atoms with Crippen LogP contribution in [-0.4, -0.2) is 35.2 Å². The molecule has 1 amide bonds. The molecule has 0 aliphatic carbocycles. The van der Waals surface area contributed by atoms with Gasteiger partial charge >= 0.3 is 0 Å². The zero-order chi connectivity index (χ0) is 16.6. The Balaban J connectivity index is 1.84. The van der Waals surface area contributed by atoms with E-state index in [0.29, 0.717) is 24.6 Å². The first-order valence-corrected chi connectivity index (χ1v) is 7.88. The molecule has 0 N–H and O–H groups in total. The zero-order valence-corrected chi connectivity index (χ0v) is 14.0. The van der Waals surface area contributed by atoms with E-state index in [1.807, 2.05) is 11.8 Å².